The number of carbonyl (C=O) groups excluding carboxylic acids is 1. The van der Waals surface area contributed by atoms with E-state index in [0.29, 0.717) is 18.4 Å². The summed E-state index contributed by atoms with van der Waals surface area (Å²) in [6.45, 7) is 4.29. The van der Waals surface area contributed by atoms with Gasteiger partial charge in [0.05, 0.1) is 13.2 Å². The molecule has 1 N–H and O–H groups in total. The van der Waals surface area contributed by atoms with Crippen molar-refractivity contribution in [2.24, 2.45) is 11.8 Å². The van der Waals surface area contributed by atoms with E-state index in [-0.39, 0.29) is 11.9 Å². The summed E-state index contributed by atoms with van der Waals surface area (Å²) in [5.41, 5.74) is 1.16. The van der Waals surface area contributed by atoms with Gasteiger partial charge in [0.2, 0.25) is 5.91 Å². The first-order chi connectivity index (χ1) is 12.2. The number of pyridine rings is 1. The van der Waals surface area contributed by atoms with Crippen LogP contribution < -0.4 is 5.32 Å². The number of hydrogen-bond acceptors (Lipinski definition) is 5. The molecule has 138 valence electrons. The van der Waals surface area contributed by atoms with Crippen molar-refractivity contribution in [3.8, 4) is 0 Å². The molecule has 2 aliphatic rings. The highest BCUT2D eigenvalue weighted by Gasteiger charge is 2.34. The van der Waals surface area contributed by atoms with E-state index in [1.807, 2.05) is 24.1 Å². The summed E-state index contributed by atoms with van der Waals surface area (Å²) < 4.78 is 11.2. The monoisotopic (exact) mass is 347 g/mol. The van der Waals surface area contributed by atoms with Crippen LogP contribution in [-0.4, -0.2) is 61.9 Å². The van der Waals surface area contributed by atoms with E-state index in [1.165, 1.54) is 0 Å². The zero-order valence-corrected chi connectivity index (χ0v) is 15.0. The lowest BCUT2D eigenvalue weighted by molar-refractivity contribution is -0.124. The van der Waals surface area contributed by atoms with Crippen molar-refractivity contribution >= 4 is 5.91 Å². The summed E-state index contributed by atoms with van der Waals surface area (Å²) in [6, 6.07) is 4.18. The molecule has 25 heavy (non-hydrogen) atoms. The lowest BCUT2D eigenvalue weighted by Gasteiger charge is -2.39. The molecule has 0 bridgehead atoms. The predicted molar refractivity (Wildman–Crippen MR) is 95.0 cm³/mol. The maximum absolute atomic E-state index is 12.5. The third-order valence-corrected chi connectivity index (χ3v) is 5.23. The fourth-order valence-corrected chi connectivity index (χ4v) is 3.90. The molecule has 0 aliphatic carbocycles. The summed E-state index contributed by atoms with van der Waals surface area (Å²) in [7, 11) is 1.97. The molecule has 6 heteroatoms. The van der Waals surface area contributed by atoms with Gasteiger partial charge >= 0.3 is 0 Å². The van der Waals surface area contributed by atoms with Crippen LogP contribution in [0.15, 0.2) is 24.5 Å². The van der Waals surface area contributed by atoms with Gasteiger partial charge in [0.15, 0.2) is 0 Å². The first-order valence-electron chi connectivity index (χ1n) is 9.24. The molecule has 2 atom stereocenters. The Morgan fingerprint density at radius 2 is 1.92 bits per heavy atom. The summed E-state index contributed by atoms with van der Waals surface area (Å²) in [6.07, 6.45) is 6.61. The van der Waals surface area contributed by atoms with Crippen LogP contribution >= 0.6 is 0 Å². The van der Waals surface area contributed by atoms with Gasteiger partial charge in [-0.25, -0.2) is 0 Å². The molecule has 3 heterocycles. The Balaban J connectivity index is 1.49. The van der Waals surface area contributed by atoms with E-state index in [9.17, 15) is 4.79 Å². The zero-order valence-electron chi connectivity index (χ0n) is 15.0. The molecule has 2 fully saturated rings. The Bertz CT molecular complexity index is 534. The van der Waals surface area contributed by atoms with Crippen LogP contribution in [-0.2, 0) is 20.8 Å². The first-order valence-corrected chi connectivity index (χ1v) is 9.24. The molecule has 0 saturated carbocycles. The Labute approximate surface area is 149 Å². The van der Waals surface area contributed by atoms with Crippen molar-refractivity contribution in [2.75, 3.05) is 40.0 Å². The van der Waals surface area contributed by atoms with Gasteiger partial charge in [-0.05, 0) is 49.9 Å². The average molecular weight is 347 g/mol. The van der Waals surface area contributed by atoms with Gasteiger partial charge < -0.3 is 14.8 Å². The normalized spacial score (nSPS) is 25.0. The van der Waals surface area contributed by atoms with Gasteiger partial charge in [-0.15, -0.1) is 0 Å². The van der Waals surface area contributed by atoms with Crippen molar-refractivity contribution in [1.29, 1.82) is 0 Å². The van der Waals surface area contributed by atoms with E-state index in [1.54, 1.807) is 12.4 Å². The Kier molecular flexibility index (Phi) is 6.78. The Morgan fingerprint density at radius 1 is 1.20 bits per heavy atom. The molecule has 0 radical (unpaired) electrons. The van der Waals surface area contributed by atoms with Crippen LogP contribution in [0.2, 0.25) is 0 Å². The van der Waals surface area contributed by atoms with Crippen LogP contribution in [0.1, 0.15) is 24.8 Å². The van der Waals surface area contributed by atoms with Gasteiger partial charge in [0.25, 0.3) is 0 Å². The molecule has 2 aliphatic heterocycles. The number of nitrogens with zero attached hydrogens (tertiary/aromatic N) is 2. The molecular weight excluding hydrogens is 318 g/mol. The SMILES string of the molecule is CN(CC(=O)N[C@H]1CCOC[C@H]1C1CCOCC1)Cc1ccncc1. The zero-order chi connectivity index (χ0) is 17.5. The fourth-order valence-electron chi connectivity index (χ4n) is 3.90. The van der Waals surface area contributed by atoms with E-state index in [0.717, 1.165) is 57.8 Å². The van der Waals surface area contributed by atoms with Gasteiger partial charge in [-0.2, -0.15) is 0 Å². The minimum atomic E-state index is 0.0977. The molecule has 0 unspecified atom stereocenters. The standard InChI is InChI=1S/C19H29N3O3/c1-22(12-15-2-7-20-8-3-15)13-19(23)21-18-6-11-25-14-17(18)16-4-9-24-10-5-16/h2-3,7-8,16-18H,4-6,9-14H2,1H3,(H,21,23)/t17-,18-/m0/s1. The molecule has 0 aromatic carbocycles. The van der Waals surface area contributed by atoms with Gasteiger partial charge in [-0.3, -0.25) is 14.7 Å². The quantitative estimate of drug-likeness (QED) is 0.844. The van der Waals surface area contributed by atoms with Gasteiger partial charge in [0, 0.05) is 50.7 Å². The largest absolute Gasteiger partial charge is 0.381 e. The van der Waals surface area contributed by atoms with E-state index in [4.69, 9.17) is 9.47 Å². The van der Waals surface area contributed by atoms with Gasteiger partial charge in [0.1, 0.15) is 0 Å². The average Bonchev–Trinajstić information content (AvgIpc) is 2.63. The first kappa shape index (κ1) is 18.3. The summed E-state index contributed by atoms with van der Waals surface area (Å²) in [5.74, 6) is 1.10. The van der Waals surface area contributed by atoms with E-state index < -0.39 is 0 Å². The lowest BCUT2D eigenvalue weighted by Crippen LogP contribution is -2.50. The maximum Gasteiger partial charge on any atom is 0.234 e. The third-order valence-electron chi connectivity index (χ3n) is 5.23. The number of ether oxygens (including phenoxy) is 2. The van der Waals surface area contributed by atoms with E-state index >= 15 is 0 Å². The summed E-state index contributed by atoms with van der Waals surface area (Å²) in [5, 5.41) is 3.27. The molecule has 1 aromatic heterocycles. The highest BCUT2D eigenvalue weighted by molar-refractivity contribution is 5.78. The lowest BCUT2D eigenvalue weighted by atomic mass is 9.79. The summed E-state index contributed by atoms with van der Waals surface area (Å²) >= 11 is 0. The number of rotatable bonds is 6. The summed E-state index contributed by atoms with van der Waals surface area (Å²) in [4.78, 5) is 18.6. The number of nitrogens with one attached hydrogen (secondary N) is 1. The van der Waals surface area contributed by atoms with Crippen LogP contribution in [0.4, 0.5) is 0 Å². The highest BCUT2D eigenvalue weighted by atomic mass is 16.5. The Hall–Kier alpha value is -1.50. The number of carbonyl (C=O) groups is 1. The number of amides is 1. The molecule has 1 amide bonds. The molecule has 2 saturated heterocycles. The van der Waals surface area contributed by atoms with Crippen LogP contribution in [0.25, 0.3) is 0 Å². The number of likely N-dealkylation sites (N-methyl/N-ethyl adjacent to an activating group) is 1. The molecular formula is C19H29N3O3. The van der Waals surface area contributed by atoms with Crippen LogP contribution in [0, 0.1) is 11.8 Å². The third kappa shape index (κ3) is 5.49. The van der Waals surface area contributed by atoms with Crippen molar-refractivity contribution < 1.29 is 14.3 Å². The topological polar surface area (TPSA) is 63.7 Å². The maximum atomic E-state index is 12.5. The van der Waals surface area contributed by atoms with Crippen LogP contribution in [0.5, 0.6) is 0 Å². The molecule has 6 nitrogen and oxygen atoms in total. The van der Waals surface area contributed by atoms with Crippen LogP contribution in [0.3, 0.4) is 0 Å². The second kappa shape index (κ2) is 9.27. The molecule has 0 spiro atoms. The van der Waals surface area contributed by atoms with Crippen molar-refractivity contribution in [1.82, 2.24) is 15.2 Å². The van der Waals surface area contributed by atoms with Crippen molar-refractivity contribution in [3.05, 3.63) is 30.1 Å². The molecule has 3 rings (SSSR count). The fraction of sp³-hybridized carbons (Fsp3) is 0.684. The second-order valence-corrected chi connectivity index (χ2v) is 7.18. The number of aromatic nitrogens is 1. The number of hydrogen-bond donors (Lipinski definition) is 1. The van der Waals surface area contributed by atoms with E-state index in [2.05, 4.69) is 10.3 Å². The van der Waals surface area contributed by atoms with Crippen molar-refractivity contribution in [3.63, 3.8) is 0 Å². The minimum absolute atomic E-state index is 0.0977. The van der Waals surface area contributed by atoms with Crippen molar-refractivity contribution in [2.45, 2.75) is 31.8 Å². The highest BCUT2D eigenvalue weighted by Crippen LogP contribution is 2.30. The predicted octanol–water partition coefficient (Wildman–Crippen LogP) is 1.46. The molecule has 1 aromatic rings. The second-order valence-electron chi connectivity index (χ2n) is 7.18. The minimum Gasteiger partial charge on any atom is -0.381 e. The Morgan fingerprint density at radius 3 is 2.68 bits per heavy atom. The van der Waals surface area contributed by atoms with Gasteiger partial charge in [-0.1, -0.05) is 0 Å². The smallest absolute Gasteiger partial charge is 0.234 e.